The van der Waals surface area contributed by atoms with Gasteiger partial charge in [0.1, 0.15) is 0 Å². The van der Waals surface area contributed by atoms with Gasteiger partial charge in [-0.2, -0.15) is 0 Å². The molecule has 7 nitrogen and oxygen atoms in total. The first-order chi connectivity index (χ1) is 12.5. The summed E-state index contributed by atoms with van der Waals surface area (Å²) in [6, 6.07) is 12.6. The molecule has 0 bridgehead atoms. The molecule has 2 aromatic rings. The number of carbonyl (C=O) groups is 3. The van der Waals surface area contributed by atoms with Crippen molar-refractivity contribution in [3.05, 3.63) is 65.2 Å². The van der Waals surface area contributed by atoms with E-state index >= 15 is 0 Å². The Morgan fingerprint density at radius 2 is 1.65 bits per heavy atom. The van der Waals surface area contributed by atoms with Crippen molar-refractivity contribution in [1.29, 1.82) is 0 Å². The lowest BCUT2D eigenvalue weighted by molar-refractivity contribution is -0.119. The number of hydrogen-bond donors (Lipinski definition) is 2. The molecule has 0 atom stereocenters. The van der Waals surface area contributed by atoms with Crippen molar-refractivity contribution in [1.82, 2.24) is 0 Å². The van der Waals surface area contributed by atoms with E-state index in [-0.39, 0.29) is 30.0 Å². The lowest BCUT2D eigenvalue weighted by atomic mass is 10.1. The molecule has 0 saturated heterocycles. The number of carbonyl (C=O) groups excluding carboxylic acids is 3. The fourth-order valence-corrected chi connectivity index (χ4v) is 2.13. The number of para-hydroxylation sites is 1. The average molecular weight is 357 g/mol. The van der Waals surface area contributed by atoms with Crippen molar-refractivity contribution in [2.75, 3.05) is 18.5 Å². The molecule has 0 aliphatic heterocycles. The molecule has 2 aromatic carbocycles. The molecule has 0 aliphatic rings. The molecule has 0 unspecified atom stereocenters. The van der Waals surface area contributed by atoms with E-state index < -0.39 is 24.5 Å². The summed E-state index contributed by atoms with van der Waals surface area (Å²) >= 11 is 0. The molecule has 1 amide bonds. The Kier molecular flexibility index (Phi) is 6.87. The molecule has 136 valence electrons. The van der Waals surface area contributed by atoms with Gasteiger partial charge in [0.25, 0.3) is 5.91 Å². The van der Waals surface area contributed by atoms with Crippen LogP contribution in [0.5, 0.6) is 0 Å². The third-order valence-corrected chi connectivity index (χ3v) is 3.40. The van der Waals surface area contributed by atoms with Crippen molar-refractivity contribution < 1.29 is 29.0 Å². The van der Waals surface area contributed by atoms with Gasteiger partial charge in [0.2, 0.25) is 0 Å². The van der Waals surface area contributed by atoms with Crippen LogP contribution in [-0.4, -0.2) is 36.2 Å². The van der Waals surface area contributed by atoms with Crippen LogP contribution in [0, 0.1) is 0 Å². The van der Waals surface area contributed by atoms with Crippen LogP contribution in [0.3, 0.4) is 0 Å². The molecule has 26 heavy (non-hydrogen) atoms. The molecule has 0 saturated carbocycles. The van der Waals surface area contributed by atoms with Gasteiger partial charge in [-0.1, -0.05) is 24.3 Å². The van der Waals surface area contributed by atoms with Crippen molar-refractivity contribution in [3.63, 3.8) is 0 Å². The fourth-order valence-electron chi connectivity index (χ4n) is 2.13. The first-order valence-corrected chi connectivity index (χ1v) is 7.98. The maximum absolute atomic E-state index is 12.0. The van der Waals surface area contributed by atoms with Crippen molar-refractivity contribution in [2.24, 2.45) is 0 Å². The van der Waals surface area contributed by atoms with E-state index in [1.54, 1.807) is 37.3 Å². The molecule has 2 N–H and O–H groups in total. The van der Waals surface area contributed by atoms with Gasteiger partial charge < -0.3 is 19.9 Å². The number of benzene rings is 2. The van der Waals surface area contributed by atoms with Crippen molar-refractivity contribution in [2.45, 2.75) is 13.5 Å². The van der Waals surface area contributed by atoms with Crippen LogP contribution in [0.15, 0.2) is 48.5 Å². The summed E-state index contributed by atoms with van der Waals surface area (Å²) in [5.74, 6) is -1.80. The second-order valence-corrected chi connectivity index (χ2v) is 5.25. The van der Waals surface area contributed by atoms with E-state index in [9.17, 15) is 14.4 Å². The molecular formula is C19H19NO6. The van der Waals surface area contributed by atoms with Crippen molar-refractivity contribution >= 4 is 23.5 Å². The molecule has 2 rings (SSSR count). The van der Waals surface area contributed by atoms with Crippen LogP contribution in [0.4, 0.5) is 5.69 Å². The number of aliphatic hydroxyl groups is 1. The van der Waals surface area contributed by atoms with E-state index in [0.717, 1.165) is 0 Å². The summed E-state index contributed by atoms with van der Waals surface area (Å²) in [4.78, 5) is 35.8. The Labute approximate surface area is 150 Å². The molecule has 7 heteroatoms. The highest BCUT2D eigenvalue weighted by Crippen LogP contribution is 2.16. The number of anilines is 1. The smallest absolute Gasteiger partial charge is 0.340 e. The molecule has 0 spiro atoms. The highest BCUT2D eigenvalue weighted by atomic mass is 16.5. The summed E-state index contributed by atoms with van der Waals surface area (Å²) < 4.78 is 9.89. The number of hydrogen-bond acceptors (Lipinski definition) is 6. The zero-order chi connectivity index (χ0) is 18.9. The summed E-state index contributed by atoms with van der Waals surface area (Å²) in [6.45, 7) is 1.27. The lowest BCUT2D eigenvalue weighted by Gasteiger charge is -2.10. The zero-order valence-corrected chi connectivity index (χ0v) is 14.2. The predicted molar refractivity (Wildman–Crippen MR) is 93.7 cm³/mol. The largest absolute Gasteiger partial charge is 0.462 e. The Balaban J connectivity index is 1.94. The second-order valence-electron chi connectivity index (χ2n) is 5.25. The number of nitrogens with one attached hydrogen (secondary N) is 1. The monoisotopic (exact) mass is 357 g/mol. The van der Waals surface area contributed by atoms with Gasteiger partial charge in [0.05, 0.1) is 30.0 Å². The van der Waals surface area contributed by atoms with Gasteiger partial charge in [-0.05, 0) is 36.8 Å². The van der Waals surface area contributed by atoms with Crippen LogP contribution in [-0.2, 0) is 20.9 Å². The summed E-state index contributed by atoms with van der Waals surface area (Å²) in [5.41, 5.74) is 1.42. The molecular weight excluding hydrogens is 338 g/mol. The topological polar surface area (TPSA) is 102 Å². The van der Waals surface area contributed by atoms with E-state index in [1.165, 1.54) is 18.2 Å². The lowest BCUT2D eigenvalue weighted by Crippen LogP contribution is -2.22. The standard InChI is InChI=1S/C19H19NO6/c1-2-25-19(24)15-5-3-4-6-16(15)20-17(22)12-26-18(23)14-9-7-13(11-21)8-10-14/h3-10,21H,2,11-12H2,1H3,(H,20,22). The number of esters is 2. The van der Waals surface area contributed by atoms with E-state index in [0.29, 0.717) is 5.56 Å². The Morgan fingerprint density at radius 1 is 0.962 bits per heavy atom. The molecule has 0 fully saturated rings. The van der Waals surface area contributed by atoms with Crippen LogP contribution >= 0.6 is 0 Å². The zero-order valence-electron chi connectivity index (χ0n) is 14.2. The van der Waals surface area contributed by atoms with E-state index in [4.69, 9.17) is 14.6 Å². The minimum Gasteiger partial charge on any atom is -0.462 e. The van der Waals surface area contributed by atoms with E-state index in [1.807, 2.05) is 0 Å². The van der Waals surface area contributed by atoms with Crippen molar-refractivity contribution in [3.8, 4) is 0 Å². The molecule has 0 heterocycles. The number of ether oxygens (including phenoxy) is 2. The van der Waals surface area contributed by atoms with Crippen LogP contribution in [0.1, 0.15) is 33.2 Å². The number of aliphatic hydroxyl groups excluding tert-OH is 1. The molecule has 0 aliphatic carbocycles. The first kappa shape index (κ1) is 19.1. The normalized spacial score (nSPS) is 10.1. The molecule has 0 radical (unpaired) electrons. The first-order valence-electron chi connectivity index (χ1n) is 7.98. The Morgan fingerprint density at radius 3 is 2.31 bits per heavy atom. The Hall–Kier alpha value is -3.19. The highest BCUT2D eigenvalue weighted by Gasteiger charge is 2.15. The van der Waals surface area contributed by atoms with Gasteiger partial charge in [-0.25, -0.2) is 9.59 Å². The third kappa shape index (κ3) is 5.15. The fraction of sp³-hybridized carbons (Fsp3) is 0.211. The Bertz CT molecular complexity index is 785. The average Bonchev–Trinajstić information content (AvgIpc) is 2.66. The third-order valence-electron chi connectivity index (χ3n) is 3.40. The minimum atomic E-state index is -0.664. The predicted octanol–water partition coefficient (Wildman–Crippen LogP) is 2.15. The minimum absolute atomic E-state index is 0.127. The van der Waals surface area contributed by atoms with Gasteiger partial charge in [-0.15, -0.1) is 0 Å². The van der Waals surface area contributed by atoms with Crippen LogP contribution in [0.25, 0.3) is 0 Å². The van der Waals surface area contributed by atoms with Gasteiger partial charge in [-0.3, -0.25) is 4.79 Å². The van der Waals surface area contributed by atoms with Crippen LogP contribution < -0.4 is 5.32 Å². The van der Waals surface area contributed by atoms with Gasteiger partial charge >= 0.3 is 11.9 Å². The van der Waals surface area contributed by atoms with Gasteiger partial charge in [0, 0.05) is 0 Å². The number of rotatable bonds is 7. The summed E-state index contributed by atoms with van der Waals surface area (Å²) in [7, 11) is 0. The number of amides is 1. The van der Waals surface area contributed by atoms with Gasteiger partial charge in [0.15, 0.2) is 6.61 Å². The second kappa shape index (κ2) is 9.33. The maximum Gasteiger partial charge on any atom is 0.340 e. The van der Waals surface area contributed by atoms with Crippen LogP contribution in [0.2, 0.25) is 0 Å². The quantitative estimate of drug-likeness (QED) is 0.736. The summed E-state index contributed by atoms with van der Waals surface area (Å²) in [6.07, 6.45) is 0. The molecule has 0 aromatic heterocycles. The maximum atomic E-state index is 12.0. The summed E-state index contributed by atoms with van der Waals surface area (Å²) in [5, 5.41) is 11.5. The highest BCUT2D eigenvalue weighted by molar-refractivity contribution is 6.02. The SMILES string of the molecule is CCOC(=O)c1ccccc1NC(=O)COC(=O)c1ccc(CO)cc1. The van der Waals surface area contributed by atoms with E-state index in [2.05, 4.69) is 5.32 Å².